The lowest BCUT2D eigenvalue weighted by Gasteiger charge is -2.44. The molecule has 0 bridgehead atoms. The molecular formula is C15H31NO5S. The highest BCUT2D eigenvalue weighted by molar-refractivity contribution is 7.86. The molecule has 0 radical (unpaired) electrons. The lowest BCUT2D eigenvalue weighted by atomic mass is 10.1. The normalized spacial score (nSPS) is 18.3. The molecule has 6 nitrogen and oxygen atoms in total. The van der Waals surface area contributed by atoms with Crippen molar-refractivity contribution in [2.45, 2.75) is 89.6 Å². The Labute approximate surface area is 134 Å². The molecule has 0 unspecified atom stereocenters. The number of hydrogen-bond acceptors (Lipinski definition) is 5. The SMILES string of the molecule is CCCCCCCCCCCCN1OC(CC)(S(=O)(=O)O)O1. The molecule has 1 N–H and O–H groups in total. The van der Waals surface area contributed by atoms with Gasteiger partial charge >= 0.3 is 15.2 Å². The van der Waals surface area contributed by atoms with Crippen LogP contribution in [0.15, 0.2) is 0 Å². The van der Waals surface area contributed by atoms with Gasteiger partial charge in [0.15, 0.2) is 0 Å². The topological polar surface area (TPSA) is 76.1 Å². The van der Waals surface area contributed by atoms with Crippen LogP contribution in [0.25, 0.3) is 0 Å². The molecule has 7 heteroatoms. The molecule has 1 rings (SSSR count). The van der Waals surface area contributed by atoms with E-state index in [4.69, 9.17) is 14.2 Å². The average Bonchev–Trinajstić information content (AvgIpc) is 2.41. The van der Waals surface area contributed by atoms with E-state index in [0.717, 1.165) is 18.1 Å². The molecule has 0 spiro atoms. The van der Waals surface area contributed by atoms with Gasteiger partial charge in [0.2, 0.25) is 0 Å². The van der Waals surface area contributed by atoms with E-state index in [1.165, 1.54) is 51.4 Å². The van der Waals surface area contributed by atoms with Crippen molar-refractivity contribution in [3.05, 3.63) is 0 Å². The Morgan fingerprint density at radius 2 is 1.32 bits per heavy atom. The van der Waals surface area contributed by atoms with Crippen LogP contribution < -0.4 is 0 Å². The van der Waals surface area contributed by atoms with Gasteiger partial charge < -0.3 is 0 Å². The Morgan fingerprint density at radius 3 is 1.73 bits per heavy atom. The van der Waals surface area contributed by atoms with Crippen LogP contribution >= 0.6 is 0 Å². The molecule has 1 aliphatic rings. The summed E-state index contributed by atoms with van der Waals surface area (Å²) in [7, 11) is -4.35. The molecule has 0 amide bonds. The van der Waals surface area contributed by atoms with Gasteiger partial charge in [0.1, 0.15) is 0 Å². The summed E-state index contributed by atoms with van der Waals surface area (Å²) in [5.74, 6) is 0. The molecule has 1 fully saturated rings. The molecule has 0 atom stereocenters. The van der Waals surface area contributed by atoms with E-state index in [-0.39, 0.29) is 6.42 Å². The summed E-state index contributed by atoms with van der Waals surface area (Å²) in [6, 6.07) is 0. The Kier molecular flexibility index (Phi) is 8.86. The Morgan fingerprint density at radius 1 is 0.864 bits per heavy atom. The van der Waals surface area contributed by atoms with Gasteiger partial charge in [-0.2, -0.15) is 8.42 Å². The van der Waals surface area contributed by atoms with Crippen LogP contribution in [-0.4, -0.2) is 29.9 Å². The summed E-state index contributed by atoms with van der Waals surface area (Å²) in [4.78, 5) is 10.2. The zero-order valence-electron chi connectivity index (χ0n) is 13.9. The highest BCUT2D eigenvalue weighted by Gasteiger charge is 2.56. The van der Waals surface area contributed by atoms with Crippen molar-refractivity contribution in [3.63, 3.8) is 0 Å². The van der Waals surface area contributed by atoms with Crippen molar-refractivity contribution in [3.8, 4) is 0 Å². The molecule has 1 saturated heterocycles. The maximum atomic E-state index is 11.1. The van der Waals surface area contributed by atoms with Crippen molar-refractivity contribution < 1.29 is 22.6 Å². The van der Waals surface area contributed by atoms with E-state index in [2.05, 4.69) is 6.92 Å². The third-order valence-corrected chi connectivity index (χ3v) is 5.23. The van der Waals surface area contributed by atoms with Crippen LogP contribution in [0.5, 0.6) is 0 Å². The fourth-order valence-corrected chi connectivity index (χ4v) is 3.26. The molecule has 0 aromatic rings. The number of hydroxylamine groups is 2. The quantitative estimate of drug-likeness (QED) is 0.404. The number of unbranched alkanes of at least 4 members (excludes halogenated alkanes) is 9. The first-order valence-corrected chi connectivity index (χ1v) is 10.0. The highest BCUT2D eigenvalue weighted by Crippen LogP contribution is 2.35. The largest absolute Gasteiger partial charge is 0.335 e. The highest BCUT2D eigenvalue weighted by atomic mass is 32.2. The van der Waals surface area contributed by atoms with Crippen LogP contribution in [-0.2, 0) is 19.8 Å². The van der Waals surface area contributed by atoms with E-state index >= 15 is 0 Å². The predicted molar refractivity (Wildman–Crippen MR) is 85.3 cm³/mol. The number of hydrogen-bond donors (Lipinski definition) is 1. The van der Waals surface area contributed by atoms with Gasteiger partial charge in [-0.25, -0.2) is 9.68 Å². The first kappa shape index (κ1) is 19.8. The second-order valence-electron chi connectivity index (χ2n) is 5.93. The van der Waals surface area contributed by atoms with Crippen molar-refractivity contribution >= 4 is 10.1 Å². The van der Waals surface area contributed by atoms with E-state index < -0.39 is 15.2 Å². The predicted octanol–water partition coefficient (Wildman–Crippen LogP) is 4.04. The van der Waals surface area contributed by atoms with Gasteiger partial charge in [0, 0.05) is 6.42 Å². The van der Waals surface area contributed by atoms with E-state index in [1.54, 1.807) is 6.92 Å². The number of rotatable bonds is 13. The first-order chi connectivity index (χ1) is 10.4. The van der Waals surface area contributed by atoms with Gasteiger partial charge in [-0.3, -0.25) is 4.55 Å². The van der Waals surface area contributed by atoms with Gasteiger partial charge in [0.05, 0.1) is 6.54 Å². The molecule has 0 aromatic heterocycles. The summed E-state index contributed by atoms with van der Waals surface area (Å²) in [5.41, 5.74) is 0. The van der Waals surface area contributed by atoms with Crippen LogP contribution in [0.3, 0.4) is 0 Å². The van der Waals surface area contributed by atoms with E-state index in [9.17, 15) is 8.42 Å². The van der Waals surface area contributed by atoms with Gasteiger partial charge in [-0.15, -0.1) is 0 Å². The van der Waals surface area contributed by atoms with Crippen LogP contribution in [0.4, 0.5) is 0 Å². The minimum Gasteiger partial charge on any atom is -0.281 e. The van der Waals surface area contributed by atoms with Crippen LogP contribution in [0, 0.1) is 0 Å². The fraction of sp³-hybridized carbons (Fsp3) is 1.00. The van der Waals surface area contributed by atoms with Gasteiger partial charge in [-0.1, -0.05) is 76.9 Å². The molecule has 0 aromatic carbocycles. The third kappa shape index (κ3) is 6.12. The summed E-state index contributed by atoms with van der Waals surface area (Å²) in [5, 5.41) is -0.729. The van der Waals surface area contributed by atoms with E-state index in [0.29, 0.717) is 6.54 Å². The fourth-order valence-electron chi connectivity index (χ4n) is 2.54. The second kappa shape index (κ2) is 9.82. The lowest BCUT2D eigenvalue weighted by molar-refractivity contribution is -0.585. The van der Waals surface area contributed by atoms with Crippen molar-refractivity contribution in [1.29, 1.82) is 0 Å². The second-order valence-corrected chi connectivity index (χ2v) is 7.50. The molecular weight excluding hydrogens is 306 g/mol. The average molecular weight is 337 g/mol. The summed E-state index contributed by atoms with van der Waals surface area (Å²) < 4.78 is 31.3. The monoisotopic (exact) mass is 337 g/mol. The van der Waals surface area contributed by atoms with Gasteiger partial charge in [0.25, 0.3) is 0 Å². The van der Waals surface area contributed by atoms with Crippen LogP contribution in [0.1, 0.15) is 84.5 Å². The Bertz CT molecular complexity index is 393. The molecule has 0 saturated carbocycles. The van der Waals surface area contributed by atoms with Crippen molar-refractivity contribution in [1.82, 2.24) is 5.23 Å². The summed E-state index contributed by atoms with van der Waals surface area (Å²) in [6.45, 7) is 4.34. The molecule has 1 heterocycles. The Balaban J connectivity index is 1.95. The zero-order chi connectivity index (χ0) is 16.5. The summed E-state index contributed by atoms with van der Waals surface area (Å²) >= 11 is 0. The van der Waals surface area contributed by atoms with Crippen molar-refractivity contribution in [2.75, 3.05) is 6.54 Å². The molecule has 22 heavy (non-hydrogen) atoms. The molecule has 1 aliphatic heterocycles. The third-order valence-electron chi connectivity index (χ3n) is 4.00. The van der Waals surface area contributed by atoms with E-state index in [1.807, 2.05) is 0 Å². The van der Waals surface area contributed by atoms with Crippen LogP contribution in [0.2, 0.25) is 0 Å². The number of nitrogens with zero attached hydrogens (tertiary/aromatic N) is 1. The minimum absolute atomic E-state index is 0.0559. The maximum Gasteiger partial charge on any atom is 0.335 e. The smallest absolute Gasteiger partial charge is 0.281 e. The summed E-state index contributed by atoms with van der Waals surface area (Å²) in [6.07, 6.45) is 12.4. The maximum absolute atomic E-state index is 11.1. The minimum atomic E-state index is -4.35. The van der Waals surface area contributed by atoms with Gasteiger partial charge in [-0.05, 0) is 6.42 Å². The standard InChI is InChI=1S/C15H31NO5S/c1-3-5-6-7-8-9-10-11-12-13-14-16-20-15(4-2,21-16)22(17,18)19/h3-14H2,1-2H3,(H,17,18,19). The lowest BCUT2D eigenvalue weighted by Crippen LogP contribution is -2.61. The first-order valence-electron chi connectivity index (χ1n) is 8.58. The zero-order valence-corrected chi connectivity index (χ0v) is 14.7. The molecule has 0 aliphatic carbocycles. The Hall–Kier alpha value is -0.210. The molecule has 132 valence electrons. The van der Waals surface area contributed by atoms with Crippen molar-refractivity contribution in [2.24, 2.45) is 0 Å².